The maximum absolute atomic E-state index is 12.3. The van der Waals surface area contributed by atoms with E-state index in [0.717, 1.165) is 28.8 Å². The fourth-order valence-corrected chi connectivity index (χ4v) is 4.56. The monoisotopic (exact) mass is 458 g/mol. The summed E-state index contributed by atoms with van der Waals surface area (Å²) in [5.41, 5.74) is 5.84. The van der Waals surface area contributed by atoms with Gasteiger partial charge in [0.25, 0.3) is 5.91 Å². The standard InChI is InChI=1S/C28H30N2O4/c1-17(2)29-26(31)19-10-8-18(9-11-19)20-6-5-7-21(14-20)25-28(3,4)16-22-15-23(34-27(32)33)12-13-24(22)30-25/h5-15,17,25,30H,16H2,1-4H3,(H,29,31)(H,32,33). The van der Waals surface area contributed by atoms with E-state index in [9.17, 15) is 9.59 Å². The van der Waals surface area contributed by atoms with Crippen molar-refractivity contribution in [1.29, 1.82) is 0 Å². The number of rotatable bonds is 5. The Hall–Kier alpha value is -3.80. The summed E-state index contributed by atoms with van der Waals surface area (Å²) < 4.78 is 4.83. The van der Waals surface area contributed by atoms with Gasteiger partial charge >= 0.3 is 6.16 Å². The molecule has 0 bridgehead atoms. The molecule has 1 amide bonds. The Bertz CT molecular complexity index is 1220. The number of carbonyl (C=O) groups is 2. The molecule has 0 spiro atoms. The fourth-order valence-electron chi connectivity index (χ4n) is 4.56. The molecule has 6 nitrogen and oxygen atoms in total. The maximum Gasteiger partial charge on any atom is 0.511 e. The van der Waals surface area contributed by atoms with E-state index in [1.54, 1.807) is 12.1 Å². The topological polar surface area (TPSA) is 87.7 Å². The average Bonchev–Trinajstić information content (AvgIpc) is 2.77. The van der Waals surface area contributed by atoms with E-state index in [1.165, 1.54) is 5.56 Å². The number of carbonyl (C=O) groups excluding carboxylic acids is 1. The van der Waals surface area contributed by atoms with Crippen molar-refractivity contribution >= 4 is 17.7 Å². The van der Waals surface area contributed by atoms with Gasteiger partial charge in [-0.3, -0.25) is 4.79 Å². The third-order valence-corrected chi connectivity index (χ3v) is 6.13. The largest absolute Gasteiger partial charge is 0.511 e. The second kappa shape index (κ2) is 9.21. The minimum absolute atomic E-state index is 0.0703. The van der Waals surface area contributed by atoms with E-state index >= 15 is 0 Å². The highest BCUT2D eigenvalue weighted by Gasteiger charge is 2.36. The van der Waals surface area contributed by atoms with Gasteiger partial charge in [-0.1, -0.05) is 44.2 Å². The van der Waals surface area contributed by atoms with Crippen LogP contribution in [0.3, 0.4) is 0 Å². The Balaban J connectivity index is 1.59. The summed E-state index contributed by atoms with van der Waals surface area (Å²) in [6, 6.07) is 21.6. The number of anilines is 1. The summed E-state index contributed by atoms with van der Waals surface area (Å²) in [6.45, 7) is 8.29. The second-order valence-corrected chi connectivity index (χ2v) is 9.76. The van der Waals surface area contributed by atoms with Gasteiger partial charge in [-0.05, 0) is 84.3 Å². The first-order valence-corrected chi connectivity index (χ1v) is 11.4. The molecule has 3 aromatic rings. The molecule has 0 aliphatic carbocycles. The van der Waals surface area contributed by atoms with Crippen LogP contribution in [0.15, 0.2) is 66.7 Å². The summed E-state index contributed by atoms with van der Waals surface area (Å²) in [5, 5.41) is 15.5. The Morgan fingerprint density at radius 3 is 2.44 bits per heavy atom. The van der Waals surface area contributed by atoms with Crippen molar-refractivity contribution < 1.29 is 19.4 Å². The van der Waals surface area contributed by atoms with Crippen LogP contribution in [-0.2, 0) is 6.42 Å². The molecule has 1 aliphatic heterocycles. The van der Waals surface area contributed by atoms with Crippen LogP contribution in [0.1, 0.15) is 55.2 Å². The van der Waals surface area contributed by atoms with Crippen LogP contribution in [-0.4, -0.2) is 23.2 Å². The van der Waals surface area contributed by atoms with Gasteiger partial charge in [-0.15, -0.1) is 0 Å². The minimum Gasteiger partial charge on any atom is -0.449 e. The number of amides is 1. The van der Waals surface area contributed by atoms with Crippen molar-refractivity contribution in [3.63, 3.8) is 0 Å². The zero-order valence-corrected chi connectivity index (χ0v) is 19.9. The van der Waals surface area contributed by atoms with Crippen LogP contribution < -0.4 is 15.4 Å². The molecule has 34 heavy (non-hydrogen) atoms. The molecule has 3 N–H and O–H groups in total. The van der Waals surface area contributed by atoms with Crippen molar-refractivity contribution in [1.82, 2.24) is 5.32 Å². The lowest BCUT2D eigenvalue weighted by Gasteiger charge is -2.41. The lowest BCUT2D eigenvalue weighted by atomic mass is 9.72. The molecule has 0 fully saturated rings. The zero-order chi connectivity index (χ0) is 24.5. The summed E-state index contributed by atoms with van der Waals surface area (Å²) >= 11 is 0. The van der Waals surface area contributed by atoms with Crippen molar-refractivity contribution in [2.45, 2.75) is 46.2 Å². The first kappa shape index (κ1) is 23.4. The van der Waals surface area contributed by atoms with Gasteiger partial charge < -0.3 is 20.5 Å². The van der Waals surface area contributed by atoms with E-state index in [0.29, 0.717) is 11.3 Å². The molecule has 0 aromatic heterocycles. The van der Waals surface area contributed by atoms with Gasteiger partial charge in [-0.25, -0.2) is 4.79 Å². The highest BCUT2D eigenvalue weighted by molar-refractivity contribution is 5.94. The van der Waals surface area contributed by atoms with E-state index in [2.05, 4.69) is 48.7 Å². The third kappa shape index (κ3) is 5.06. The Labute approximate surface area is 200 Å². The quantitative estimate of drug-likeness (QED) is 0.309. The molecular weight excluding hydrogens is 428 g/mol. The Kier molecular flexibility index (Phi) is 6.33. The summed E-state index contributed by atoms with van der Waals surface area (Å²) in [5.74, 6) is 0.258. The molecule has 1 atom stereocenters. The molecule has 176 valence electrons. The van der Waals surface area contributed by atoms with Gasteiger partial charge in [-0.2, -0.15) is 0 Å². The van der Waals surface area contributed by atoms with Gasteiger partial charge in [0, 0.05) is 17.3 Å². The van der Waals surface area contributed by atoms with E-state index in [4.69, 9.17) is 9.84 Å². The summed E-state index contributed by atoms with van der Waals surface area (Å²) in [4.78, 5) is 23.1. The first-order chi connectivity index (χ1) is 16.1. The number of ether oxygens (including phenoxy) is 1. The Morgan fingerprint density at radius 1 is 1.03 bits per heavy atom. The molecule has 1 unspecified atom stereocenters. The molecule has 0 saturated carbocycles. The highest BCUT2D eigenvalue weighted by Crippen LogP contribution is 2.46. The Morgan fingerprint density at radius 2 is 1.76 bits per heavy atom. The number of fused-ring (bicyclic) bond motifs is 1. The van der Waals surface area contributed by atoms with Crippen molar-refractivity contribution in [3.05, 3.63) is 83.4 Å². The van der Waals surface area contributed by atoms with E-state index in [-0.39, 0.29) is 23.4 Å². The number of benzene rings is 3. The molecule has 0 radical (unpaired) electrons. The molecule has 6 heteroatoms. The van der Waals surface area contributed by atoms with Gasteiger partial charge in [0.15, 0.2) is 0 Å². The van der Waals surface area contributed by atoms with Crippen LogP contribution >= 0.6 is 0 Å². The smallest absolute Gasteiger partial charge is 0.449 e. The lowest BCUT2D eigenvalue weighted by Crippen LogP contribution is -2.35. The van der Waals surface area contributed by atoms with Crippen molar-refractivity contribution in [2.24, 2.45) is 5.41 Å². The third-order valence-electron chi connectivity index (χ3n) is 6.13. The number of carboxylic acid groups (broad SMARTS) is 1. The van der Waals surface area contributed by atoms with E-state index in [1.807, 2.05) is 44.2 Å². The molecule has 0 saturated heterocycles. The average molecular weight is 459 g/mol. The number of hydrogen-bond acceptors (Lipinski definition) is 4. The van der Waals surface area contributed by atoms with Crippen LogP contribution in [0.25, 0.3) is 11.1 Å². The molecular formula is C28H30N2O4. The predicted molar refractivity (Wildman–Crippen MR) is 133 cm³/mol. The van der Waals surface area contributed by atoms with Gasteiger partial charge in [0.2, 0.25) is 0 Å². The zero-order valence-electron chi connectivity index (χ0n) is 19.9. The highest BCUT2D eigenvalue weighted by atomic mass is 16.7. The molecule has 1 aliphatic rings. The van der Waals surface area contributed by atoms with Crippen LogP contribution in [0.5, 0.6) is 5.75 Å². The van der Waals surface area contributed by atoms with Crippen molar-refractivity contribution in [2.75, 3.05) is 5.32 Å². The number of hydrogen-bond donors (Lipinski definition) is 3. The summed E-state index contributed by atoms with van der Waals surface area (Å²) in [7, 11) is 0. The van der Waals surface area contributed by atoms with Gasteiger partial charge in [0.05, 0.1) is 6.04 Å². The first-order valence-electron chi connectivity index (χ1n) is 11.4. The SMILES string of the molecule is CC(C)NC(=O)c1ccc(-c2cccc(C3Nc4ccc(OC(=O)O)cc4CC3(C)C)c2)cc1. The van der Waals surface area contributed by atoms with E-state index < -0.39 is 6.16 Å². The minimum atomic E-state index is -1.31. The lowest BCUT2D eigenvalue weighted by molar-refractivity contribution is 0.0943. The molecule has 4 rings (SSSR count). The van der Waals surface area contributed by atoms with Crippen molar-refractivity contribution in [3.8, 4) is 16.9 Å². The summed E-state index contributed by atoms with van der Waals surface area (Å²) in [6.07, 6.45) is -0.535. The molecule has 3 aromatic carbocycles. The maximum atomic E-state index is 12.3. The predicted octanol–water partition coefficient (Wildman–Crippen LogP) is 6.28. The molecule has 1 heterocycles. The van der Waals surface area contributed by atoms with Crippen LogP contribution in [0.2, 0.25) is 0 Å². The van der Waals surface area contributed by atoms with Crippen LogP contribution in [0, 0.1) is 5.41 Å². The normalized spacial score (nSPS) is 16.3. The van der Waals surface area contributed by atoms with Crippen LogP contribution in [0.4, 0.5) is 10.5 Å². The van der Waals surface area contributed by atoms with Gasteiger partial charge in [0.1, 0.15) is 5.75 Å². The number of nitrogens with one attached hydrogen (secondary N) is 2. The fraction of sp³-hybridized carbons (Fsp3) is 0.286. The second-order valence-electron chi connectivity index (χ2n) is 9.76.